The highest BCUT2D eigenvalue weighted by Crippen LogP contribution is 2.34. The van der Waals surface area contributed by atoms with E-state index in [-0.39, 0.29) is 15.8 Å². The van der Waals surface area contributed by atoms with Gasteiger partial charge < -0.3 is 5.73 Å². The van der Waals surface area contributed by atoms with E-state index in [0.717, 1.165) is 19.3 Å². The Hall–Kier alpha value is -0.290. The first-order chi connectivity index (χ1) is 8.96. The van der Waals surface area contributed by atoms with Gasteiger partial charge in [-0.05, 0) is 43.5 Å². The van der Waals surface area contributed by atoms with Gasteiger partial charge in [-0.3, -0.25) is 0 Å². The topological polar surface area (TPSA) is 60.2 Å². The molecule has 2 atom stereocenters. The predicted molar refractivity (Wildman–Crippen MR) is 78.4 cm³/mol. The summed E-state index contributed by atoms with van der Waals surface area (Å²) in [6.45, 7) is 0.408. The molecule has 1 aromatic rings. The lowest BCUT2D eigenvalue weighted by Crippen LogP contribution is -2.37. The molecule has 2 N–H and O–H groups in total. The summed E-state index contributed by atoms with van der Waals surface area (Å²) in [4.78, 5) is 0.243. The van der Waals surface area contributed by atoms with E-state index in [1.54, 1.807) is 0 Å². The highest BCUT2D eigenvalue weighted by molar-refractivity contribution is 7.92. The molecule has 1 aromatic carbocycles. The minimum absolute atomic E-state index is 0.0354. The summed E-state index contributed by atoms with van der Waals surface area (Å²) in [6.07, 6.45) is 3.53. The summed E-state index contributed by atoms with van der Waals surface area (Å²) < 4.78 is 25.3. The summed E-state index contributed by atoms with van der Waals surface area (Å²) in [5.41, 5.74) is 5.71. The van der Waals surface area contributed by atoms with Crippen molar-refractivity contribution in [3.05, 3.63) is 28.2 Å². The second-order valence-electron chi connectivity index (χ2n) is 4.94. The number of hydrogen-bond donors (Lipinski definition) is 1. The van der Waals surface area contributed by atoms with Crippen molar-refractivity contribution < 1.29 is 8.42 Å². The minimum atomic E-state index is -3.39. The Bertz CT molecular complexity index is 560. The van der Waals surface area contributed by atoms with E-state index in [0.29, 0.717) is 18.0 Å². The SMILES string of the molecule is NCC1CCCCC1S(=O)(=O)c1ccc(Cl)c(Cl)c1. The Labute approximate surface area is 124 Å². The van der Waals surface area contributed by atoms with Crippen molar-refractivity contribution in [1.82, 2.24) is 0 Å². The molecule has 0 radical (unpaired) electrons. The van der Waals surface area contributed by atoms with Crippen LogP contribution in [0.2, 0.25) is 10.0 Å². The van der Waals surface area contributed by atoms with Crippen molar-refractivity contribution in [2.45, 2.75) is 35.8 Å². The predicted octanol–water partition coefficient (Wildman–Crippen LogP) is 3.28. The average molecular weight is 322 g/mol. The molecule has 6 heteroatoms. The first kappa shape index (κ1) is 15.1. The summed E-state index contributed by atoms with van der Waals surface area (Å²) in [5.74, 6) is 0.0354. The van der Waals surface area contributed by atoms with Crippen LogP contribution in [0.25, 0.3) is 0 Å². The van der Waals surface area contributed by atoms with Crippen LogP contribution in [-0.2, 0) is 9.84 Å². The first-order valence-corrected chi connectivity index (χ1v) is 8.66. The zero-order valence-corrected chi connectivity index (χ0v) is 12.8. The van der Waals surface area contributed by atoms with Gasteiger partial charge in [-0.25, -0.2) is 8.42 Å². The van der Waals surface area contributed by atoms with Gasteiger partial charge in [0.2, 0.25) is 0 Å². The van der Waals surface area contributed by atoms with Gasteiger partial charge >= 0.3 is 0 Å². The molecule has 1 fully saturated rings. The maximum Gasteiger partial charge on any atom is 0.181 e. The molecule has 19 heavy (non-hydrogen) atoms. The Morgan fingerprint density at radius 1 is 1.16 bits per heavy atom. The molecule has 1 aliphatic rings. The smallest absolute Gasteiger partial charge is 0.181 e. The molecule has 2 rings (SSSR count). The lowest BCUT2D eigenvalue weighted by atomic mass is 9.89. The third-order valence-electron chi connectivity index (χ3n) is 3.76. The molecule has 0 bridgehead atoms. The van der Waals surface area contributed by atoms with Gasteiger partial charge in [-0.2, -0.15) is 0 Å². The van der Waals surface area contributed by atoms with Crippen molar-refractivity contribution in [2.75, 3.05) is 6.54 Å². The molecule has 0 saturated heterocycles. The van der Waals surface area contributed by atoms with Crippen molar-refractivity contribution in [1.29, 1.82) is 0 Å². The van der Waals surface area contributed by atoms with E-state index in [2.05, 4.69) is 0 Å². The van der Waals surface area contributed by atoms with Crippen molar-refractivity contribution in [3.63, 3.8) is 0 Å². The van der Waals surface area contributed by atoms with E-state index >= 15 is 0 Å². The van der Waals surface area contributed by atoms with Crippen LogP contribution in [0.1, 0.15) is 25.7 Å². The summed E-state index contributed by atoms with van der Waals surface area (Å²) in [7, 11) is -3.39. The van der Waals surface area contributed by atoms with E-state index < -0.39 is 15.1 Å². The Morgan fingerprint density at radius 2 is 1.84 bits per heavy atom. The maximum atomic E-state index is 12.7. The third-order valence-corrected chi connectivity index (χ3v) is 6.83. The van der Waals surface area contributed by atoms with Crippen molar-refractivity contribution >= 4 is 33.0 Å². The van der Waals surface area contributed by atoms with Crippen LogP contribution in [0, 0.1) is 5.92 Å². The van der Waals surface area contributed by atoms with Crippen LogP contribution in [0.5, 0.6) is 0 Å². The maximum absolute atomic E-state index is 12.7. The minimum Gasteiger partial charge on any atom is -0.330 e. The molecule has 1 saturated carbocycles. The molecular formula is C13H17Cl2NO2S. The quantitative estimate of drug-likeness (QED) is 0.929. The number of hydrogen-bond acceptors (Lipinski definition) is 3. The Balaban J connectivity index is 2.37. The fraction of sp³-hybridized carbons (Fsp3) is 0.538. The largest absolute Gasteiger partial charge is 0.330 e. The number of benzene rings is 1. The van der Waals surface area contributed by atoms with Crippen molar-refractivity contribution in [2.24, 2.45) is 11.7 Å². The molecule has 106 valence electrons. The lowest BCUT2D eigenvalue weighted by Gasteiger charge is -2.30. The van der Waals surface area contributed by atoms with Gasteiger partial charge in [0.05, 0.1) is 20.2 Å². The number of sulfone groups is 1. The van der Waals surface area contributed by atoms with E-state index in [9.17, 15) is 8.42 Å². The fourth-order valence-electron chi connectivity index (χ4n) is 2.68. The molecule has 3 nitrogen and oxygen atoms in total. The van der Waals surface area contributed by atoms with E-state index in [1.165, 1.54) is 18.2 Å². The van der Waals surface area contributed by atoms with Crippen LogP contribution in [0.4, 0.5) is 0 Å². The molecule has 0 spiro atoms. The molecule has 0 aromatic heterocycles. The van der Waals surface area contributed by atoms with Gasteiger partial charge in [-0.15, -0.1) is 0 Å². The van der Waals surface area contributed by atoms with Crippen LogP contribution >= 0.6 is 23.2 Å². The number of nitrogens with two attached hydrogens (primary N) is 1. The lowest BCUT2D eigenvalue weighted by molar-refractivity contribution is 0.363. The fourth-order valence-corrected chi connectivity index (χ4v) is 5.16. The summed E-state index contributed by atoms with van der Waals surface area (Å²) >= 11 is 11.7. The zero-order valence-electron chi connectivity index (χ0n) is 10.5. The van der Waals surface area contributed by atoms with Gasteiger partial charge in [0.25, 0.3) is 0 Å². The highest BCUT2D eigenvalue weighted by atomic mass is 35.5. The summed E-state index contributed by atoms with van der Waals surface area (Å²) in [6, 6.07) is 4.48. The van der Waals surface area contributed by atoms with Crippen LogP contribution in [0.15, 0.2) is 23.1 Å². The molecule has 0 heterocycles. The molecule has 0 amide bonds. The molecule has 2 unspecified atom stereocenters. The Morgan fingerprint density at radius 3 is 2.47 bits per heavy atom. The van der Waals surface area contributed by atoms with Gasteiger partial charge in [0.1, 0.15) is 0 Å². The second-order valence-corrected chi connectivity index (χ2v) is 7.92. The number of halogens is 2. The first-order valence-electron chi connectivity index (χ1n) is 6.36. The van der Waals surface area contributed by atoms with E-state index in [4.69, 9.17) is 28.9 Å². The van der Waals surface area contributed by atoms with Gasteiger partial charge in [-0.1, -0.05) is 36.0 Å². The highest BCUT2D eigenvalue weighted by Gasteiger charge is 2.35. The monoisotopic (exact) mass is 321 g/mol. The molecular weight excluding hydrogens is 305 g/mol. The van der Waals surface area contributed by atoms with Gasteiger partial charge in [0, 0.05) is 0 Å². The summed E-state index contributed by atoms with van der Waals surface area (Å²) in [5, 5.41) is 0.228. The molecule has 1 aliphatic carbocycles. The Kier molecular flexibility index (Phi) is 4.77. The molecule has 0 aliphatic heterocycles. The average Bonchev–Trinajstić information content (AvgIpc) is 2.41. The third kappa shape index (κ3) is 3.07. The van der Waals surface area contributed by atoms with Crippen LogP contribution in [0.3, 0.4) is 0 Å². The van der Waals surface area contributed by atoms with Crippen LogP contribution < -0.4 is 5.73 Å². The van der Waals surface area contributed by atoms with Crippen LogP contribution in [-0.4, -0.2) is 20.2 Å². The standard InChI is InChI=1S/C13H17Cl2NO2S/c14-11-6-5-10(7-12(11)15)19(17,18)13-4-2-1-3-9(13)8-16/h5-7,9,13H,1-4,8,16H2. The van der Waals surface area contributed by atoms with Gasteiger partial charge in [0.15, 0.2) is 9.84 Å². The number of rotatable bonds is 3. The van der Waals surface area contributed by atoms with Crippen molar-refractivity contribution in [3.8, 4) is 0 Å². The van der Waals surface area contributed by atoms with E-state index in [1.807, 2.05) is 0 Å². The normalized spacial score (nSPS) is 24.4. The zero-order chi connectivity index (χ0) is 14.0. The second kappa shape index (κ2) is 6.00.